The van der Waals surface area contributed by atoms with Crippen LogP contribution in [0.15, 0.2) is 22.7 Å². The molecule has 3 aliphatic rings. The van der Waals surface area contributed by atoms with Gasteiger partial charge in [0.2, 0.25) is 0 Å². The van der Waals surface area contributed by atoms with E-state index in [0.717, 1.165) is 62.9 Å². The Balaban J connectivity index is 1.13. The number of hydrogen-bond donors (Lipinski definition) is 0. The summed E-state index contributed by atoms with van der Waals surface area (Å²) in [5.41, 5.74) is 0.704. The molecule has 0 amide bonds. The summed E-state index contributed by atoms with van der Waals surface area (Å²) in [6.45, 7) is 4.75. The Morgan fingerprint density at radius 3 is 2.76 bits per heavy atom. The lowest BCUT2D eigenvalue weighted by Gasteiger charge is -2.37. The average Bonchev–Trinajstić information content (AvgIpc) is 3.54. The van der Waals surface area contributed by atoms with Gasteiger partial charge in [0.15, 0.2) is 5.58 Å². The topological polar surface area (TPSA) is 83.3 Å². The molecule has 8 heteroatoms. The van der Waals surface area contributed by atoms with Gasteiger partial charge in [0.05, 0.1) is 32.3 Å². The average molecular weight is 473 g/mol. The van der Waals surface area contributed by atoms with Gasteiger partial charge in [-0.1, -0.05) is 6.07 Å². The molecule has 2 unspecified atom stereocenters. The first kappa shape index (κ1) is 23.4. The van der Waals surface area contributed by atoms with Crippen LogP contribution in [0.2, 0.25) is 0 Å². The summed E-state index contributed by atoms with van der Waals surface area (Å²) in [5, 5.41) is 5.04. The maximum atomic E-state index is 12.1. The Bertz CT molecular complexity index is 948. The molecule has 1 saturated carbocycles. The molecule has 0 spiro atoms. The molecular weight excluding hydrogens is 436 g/mol. The molecule has 1 aromatic heterocycles. The number of carbonyl (C=O) groups is 1. The smallest absolute Gasteiger partial charge is 0.309 e. The van der Waals surface area contributed by atoms with Crippen LogP contribution in [-0.2, 0) is 14.3 Å². The fourth-order valence-electron chi connectivity index (χ4n) is 5.62. The van der Waals surface area contributed by atoms with Crippen molar-refractivity contribution in [2.45, 2.75) is 51.0 Å². The van der Waals surface area contributed by atoms with E-state index in [1.165, 1.54) is 20.0 Å². The molecule has 2 aromatic rings. The molecule has 3 fully saturated rings. The molecule has 186 valence electrons. The molecule has 5 rings (SSSR count). The first-order chi connectivity index (χ1) is 16.7. The second-order valence-corrected chi connectivity index (χ2v) is 9.95. The minimum atomic E-state index is -0.104. The van der Waals surface area contributed by atoms with Crippen molar-refractivity contribution in [2.75, 3.05) is 46.6 Å². The van der Waals surface area contributed by atoms with E-state index in [1.807, 2.05) is 18.2 Å². The SMILES string of the molecule is COC(=O)C1CCOCC1CN1CCC(COc2noc3cccc(OC4CCCC4)c23)CC1. The van der Waals surface area contributed by atoms with Crippen LogP contribution in [-0.4, -0.2) is 68.7 Å². The number of likely N-dealkylation sites (tertiary alicyclic amines) is 1. The normalized spacial score (nSPS) is 25.0. The predicted molar refractivity (Wildman–Crippen MR) is 126 cm³/mol. The van der Waals surface area contributed by atoms with Gasteiger partial charge >= 0.3 is 5.97 Å². The van der Waals surface area contributed by atoms with Crippen molar-refractivity contribution < 1.29 is 28.3 Å². The van der Waals surface area contributed by atoms with Crippen molar-refractivity contribution >= 4 is 16.9 Å². The Morgan fingerprint density at radius 1 is 1.15 bits per heavy atom. The lowest BCUT2D eigenvalue weighted by molar-refractivity contribution is -0.152. The zero-order valence-electron chi connectivity index (χ0n) is 20.1. The summed E-state index contributed by atoms with van der Waals surface area (Å²) in [5.74, 6) is 1.85. The van der Waals surface area contributed by atoms with Gasteiger partial charge in [0.25, 0.3) is 5.88 Å². The minimum absolute atomic E-state index is 0.0547. The second-order valence-electron chi connectivity index (χ2n) is 9.95. The molecule has 2 atom stereocenters. The zero-order valence-corrected chi connectivity index (χ0v) is 20.1. The van der Waals surface area contributed by atoms with Crippen LogP contribution in [0.1, 0.15) is 44.9 Å². The van der Waals surface area contributed by atoms with E-state index in [4.69, 9.17) is 23.5 Å². The number of rotatable bonds is 8. The standard InChI is InChI=1S/C26H36N2O6/c1-30-26(29)21-11-14-31-17-19(21)15-28-12-9-18(10-13-28)16-32-25-24-22(33-20-5-2-3-6-20)7-4-8-23(24)34-27-25/h4,7-8,18-21H,2-3,5-6,9-17H2,1H3. The molecule has 8 nitrogen and oxygen atoms in total. The van der Waals surface area contributed by atoms with Gasteiger partial charge in [-0.25, -0.2) is 0 Å². The number of fused-ring (bicyclic) bond motifs is 1. The number of piperidine rings is 1. The summed E-state index contributed by atoms with van der Waals surface area (Å²) < 4.78 is 28.6. The number of methoxy groups -OCH3 is 1. The summed E-state index contributed by atoms with van der Waals surface area (Å²) in [6, 6.07) is 5.84. The van der Waals surface area contributed by atoms with E-state index < -0.39 is 0 Å². The molecule has 1 aromatic carbocycles. The van der Waals surface area contributed by atoms with Crippen molar-refractivity contribution in [3.8, 4) is 11.6 Å². The molecule has 0 bridgehead atoms. The van der Waals surface area contributed by atoms with E-state index in [1.54, 1.807) is 0 Å². The van der Waals surface area contributed by atoms with Crippen molar-refractivity contribution in [2.24, 2.45) is 17.8 Å². The van der Waals surface area contributed by atoms with Gasteiger partial charge < -0.3 is 28.4 Å². The Kier molecular flexibility index (Phi) is 7.54. The first-order valence-corrected chi connectivity index (χ1v) is 12.8. The highest BCUT2D eigenvalue weighted by Crippen LogP contribution is 2.36. The predicted octanol–water partition coefficient (Wildman–Crippen LogP) is 4.07. The third kappa shape index (κ3) is 5.33. The number of esters is 1. The van der Waals surface area contributed by atoms with Gasteiger partial charge in [-0.3, -0.25) is 4.79 Å². The van der Waals surface area contributed by atoms with Crippen molar-refractivity contribution in [1.82, 2.24) is 10.1 Å². The Hall–Kier alpha value is -2.32. The van der Waals surface area contributed by atoms with Crippen LogP contribution in [0, 0.1) is 17.8 Å². The van der Waals surface area contributed by atoms with E-state index in [0.29, 0.717) is 37.2 Å². The van der Waals surface area contributed by atoms with Gasteiger partial charge in [-0.05, 0) is 81.2 Å². The molecule has 0 N–H and O–H groups in total. The Labute approximate surface area is 200 Å². The number of aromatic nitrogens is 1. The fraction of sp³-hybridized carbons (Fsp3) is 0.692. The molecule has 1 aliphatic carbocycles. The lowest BCUT2D eigenvalue weighted by Crippen LogP contribution is -2.44. The molecule has 2 aliphatic heterocycles. The maximum Gasteiger partial charge on any atom is 0.309 e. The molecule has 0 radical (unpaired) electrons. The largest absolute Gasteiger partial charge is 0.489 e. The van der Waals surface area contributed by atoms with Gasteiger partial charge in [-0.2, -0.15) is 0 Å². The van der Waals surface area contributed by atoms with Gasteiger partial charge in [0.1, 0.15) is 11.1 Å². The van der Waals surface area contributed by atoms with Crippen LogP contribution < -0.4 is 9.47 Å². The van der Waals surface area contributed by atoms with Crippen molar-refractivity contribution in [3.05, 3.63) is 18.2 Å². The third-order valence-electron chi connectivity index (χ3n) is 7.66. The number of carbonyl (C=O) groups excluding carboxylic acids is 1. The number of hydrogen-bond acceptors (Lipinski definition) is 8. The van der Waals surface area contributed by atoms with E-state index in [9.17, 15) is 4.79 Å². The molecule has 3 heterocycles. The van der Waals surface area contributed by atoms with Crippen LogP contribution in [0.5, 0.6) is 11.6 Å². The second kappa shape index (κ2) is 11.0. The number of benzene rings is 1. The maximum absolute atomic E-state index is 12.1. The van der Waals surface area contributed by atoms with Crippen molar-refractivity contribution in [3.63, 3.8) is 0 Å². The number of nitrogens with zero attached hydrogens (tertiary/aromatic N) is 2. The van der Waals surface area contributed by atoms with Crippen LogP contribution in [0.25, 0.3) is 11.0 Å². The highest BCUT2D eigenvalue weighted by atomic mass is 16.5. The van der Waals surface area contributed by atoms with Gasteiger partial charge in [-0.15, -0.1) is 0 Å². The monoisotopic (exact) mass is 472 g/mol. The van der Waals surface area contributed by atoms with E-state index in [-0.39, 0.29) is 23.9 Å². The zero-order chi connectivity index (χ0) is 23.3. The fourth-order valence-corrected chi connectivity index (χ4v) is 5.62. The summed E-state index contributed by atoms with van der Waals surface area (Å²) in [6.07, 6.45) is 7.78. The third-order valence-corrected chi connectivity index (χ3v) is 7.66. The minimum Gasteiger partial charge on any atom is -0.489 e. The van der Waals surface area contributed by atoms with E-state index >= 15 is 0 Å². The summed E-state index contributed by atoms with van der Waals surface area (Å²) in [7, 11) is 1.47. The van der Waals surface area contributed by atoms with Crippen LogP contribution >= 0.6 is 0 Å². The molecule has 2 saturated heterocycles. The molecular formula is C26H36N2O6. The van der Waals surface area contributed by atoms with Crippen LogP contribution in [0.3, 0.4) is 0 Å². The quantitative estimate of drug-likeness (QED) is 0.532. The highest BCUT2D eigenvalue weighted by molar-refractivity contribution is 5.88. The van der Waals surface area contributed by atoms with Crippen molar-refractivity contribution in [1.29, 1.82) is 0 Å². The Morgan fingerprint density at radius 2 is 1.97 bits per heavy atom. The van der Waals surface area contributed by atoms with E-state index in [2.05, 4.69) is 10.1 Å². The summed E-state index contributed by atoms with van der Waals surface area (Å²) >= 11 is 0. The summed E-state index contributed by atoms with van der Waals surface area (Å²) in [4.78, 5) is 14.6. The first-order valence-electron chi connectivity index (χ1n) is 12.8. The highest BCUT2D eigenvalue weighted by Gasteiger charge is 2.34. The number of ether oxygens (including phenoxy) is 4. The van der Waals surface area contributed by atoms with Crippen LogP contribution in [0.4, 0.5) is 0 Å². The lowest BCUT2D eigenvalue weighted by atomic mass is 9.87. The van der Waals surface area contributed by atoms with Gasteiger partial charge in [0, 0.05) is 19.1 Å². The molecule has 34 heavy (non-hydrogen) atoms.